The molecular weight excluding hydrogens is 228 g/mol. The van der Waals surface area contributed by atoms with Gasteiger partial charge in [-0.25, -0.2) is 0 Å². The Kier molecular flexibility index (Phi) is 4.59. The molecule has 0 radical (unpaired) electrons. The van der Waals surface area contributed by atoms with Crippen LogP contribution in [0.25, 0.3) is 0 Å². The molecule has 4 nitrogen and oxygen atoms in total. The summed E-state index contributed by atoms with van der Waals surface area (Å²) < 4.78 is 0. The molecule has 1 atom stereocenters. The maximum atomic E-state index is 10.1. The van der Waals surface area contributed by atoms with Crippen LogP contribution >= 0.6 is 0 Å². The number of hydrogen-bond acceptors (Lipinski definition) is 4. The molecule has 0 aromatic heterocycles. The van der Waals surface area contributed by atoms with E-state index in [0.29, 0.717) is 0 Å². The van der Waals surface area contributed by atoms with Gasteiger partial charge in [0.15, 0.2) is 0 Å². The average Bonchev–Trinajstić information content (AvgIpc) is 2.36. The van der Waals surface area contributed by atoms with Gasteiger partial charge in [-0.05, 0) is 33.9 Å². The lowest BCUT2D eigenvalue weighted by Crippen LogP contribution is -2.44. The third kappa shape index (κ3) is 2.94. The Morgan fingerprint density at radius 1 is 1.39 bits per heavy atom. The summed E-state index contributed by atoms with van der Waals surface area (Å²) in [5.41, 5.74) is 1.40. The summed E-state index contributed by atoms with van der Waals surface area (Å²) in [6.07, 6.45) is 0. The van der Waals surface area contributed by atoms with Crippen molar-refractivity contribution in [2.75, 3.05) is 25.6 Å². The summed E-state index contributed by atoms with van der Waals surface area (Å²) in [7, 11) is 3.77. The second-order valence-electron chi connectivity index (χ2n) is 5.28. The fraction of sp³-hybridized carbons (Fsp3) is 0.571. The van der Waals surface area contributed by atoms with Gasteiger partial charge in [0, 0.05) is 30.4 Å². The molecule has 0 fully saturated rings. The Hall–Kier alpha value is -1.26. The largest absolute Gasteiger partial charge is 0.508 e. The molecule has 0 aliphatic rings. The van der Waals surface area contributed by atoms with Crippen LogP contribution in [-0.4, -0.2) is 36.5 Å². The third-order valence-electron chi connectivity index (χ3n) is 3.60. The van der Waals surface area contributed by atoms with Gasteiger partial charge in [0.1, 0.15) is 5.75 Å². The number of nitrogens with one attached hydrogen (secondary N) is 1. The molecule has 0 heterocycles. The SMILES string of the molecule is CNC(C)c1ccc(N(C)C(C)(C)CO)cc1O. The third-order valence-corrected chi connectivity index (χ3v) is 3.60. The van der Waals surface area contributed by atoms with Crippen LogP contribution in [0.5, 0.6) is 5.75 Å². The van der Waals surface area contributed by atoms with Crippen molar-refractivity contribution >= 4 is 5.69 Å². The quantitative estimate of drug-likeness (QED) is 0.749. The first kappa shape index (κ1) is 14.8. The monoisotopic (exact) mass is 252 g/mol. The van der Waals surface area contributed by atoms with Gasteiger partial charge in [0.2, 0.25) is 0 Å². The molecule has 0 saturated carbocycles. The highest BCUT2D eigenvalue weighted by Gasteiger charge is 2.23. The molecule has 3 N–H and O–H groups in total. The van der Waals surface area contributed by atoms with Crippen LogP contribution in [0.15, 0.2) is 18.2 Å². The number of phenols is 1. The van der Waals surface area contributed by atoms with E-state index in [1.165, 1.54) is 0 Å². The highest BCUT2D eigenvalue weighted by molar-refractivity contribution is 5.55. The van der Waals surface area contributed by atoms with Crippen molar-refractivity contribution in [2.24, 2.45) is 0 Å². The fourth-order valence-electron chi connectivity index (χ4n) is 1.72. The number of benzene rings is 1. The molecule has 0 bridgehead atoms. The molecule has 18 heavy (non-hydrogen) atoms. The lowest BCUT2D eigenvalue weighted by Gasteiger charge is -2.36. The Labute approximate surface area is 109 Å². The molecule has 1 aromatic carbocycles. The van der Waals surface area contributed by atoms with Crippen LogP contribution < -0.4 is 10.2 Å². The Morgan fingerprint density at radius 3 is 2.44 bits per heavy atom. The summed E-state index contributed by atoms with van der Waals surface area (Å²) in [5.74, 6) is 0.273. The van der Waals surface area contributed by atoms with Crippen LogP contribution in [0.3, 0.4) is 0 Å². The summed E-state index contributed by atoms with van der Waals surface area (Å²) in [5, 5.41) is 22.5. The smallest absolute Gasteiger partial charge is 0.122 e. The lowest BCUT2D eigenvalue weighted by atomic mass is 10.0. The second kappa shape index (κ2) is 5.59. The van der Waals surface area contributed by atoms with E-state index in [1.807, 2.05) is 51.9 Å². The summed E-state index contributed by atoms with van der Waals surface area (Å²) in [6.45, 7) is 5.96. The molecule has 0 aliphatic heterocycles. The number of phenolic OH excluding ortho intramolecular Hbond substituents is 1. The molecule has 0 saturated heterocycles. The predicted molar refractivity (Wildman–Crippen MR) is 75.1 cm³/mol. The van der Waals surface area contributed by atoms with E-state index in [9.17, 15) is 10.2 Å². The first-order valence-electron chi connectivity index (χ1n) is 6.18. The van der Waals surface area contributed by atoms with E-state index < -0.39 is 0 Å². The Morgan fingerprint density at radius 2 is 2.00 bits per heavy atom. The minimum absolute atomic E-state index is 0.0545. The van der Waals surface area contributed by atoms with Gasteiger partial charge >= 0.3 is 0 Å². The highest BCUT2D eigenvalue weighted by atomic mass is 16.3. The van der Waals surface area contributed by atoms with Crippen molar-refractivity contribution in [1.82, 2.24) is 5.32 Å². The molecule has 0 spiro atoms. The topological polar surface area (TPSA) is 55.7 Å². The highest BCUT2D eigenvalue weighted by Crippen LogP contribution is 2.30. The minimum Gasteiger partial charge on any atom is -0.508 e. The van der Waals surface area contributed by atoms with Gasteiger partial charge in [-0.3, -0.25) is 0 Å². The zero-order valence-corrected chi connectivity index (χ0v) is 11.9. The first-order valence-corrected chi connectivity index (χ1v) is 6.18. The number of aliphatic hydroxyl groups excluding tert-OH is 1. The van der Waals surface area contributed by atoms with Gasteiger partial charge < -0.3 is 20.4 Å². The average molecular weight is 252 g/mol. The fourth-order valence-corrected chi connectivity index (χ4v) is 1.72. The van der Waals surface area contributed by atoms with Crippen LogP contribution in [0.1, 0.15) is 32.4 Å². The number of rotatable bonds is 5. The molecule has 0 amide bonds. The van der Waals surface area contributed by atoms with Crippen molar-refractivity contribution in [3.05, 3.63) is 23.8 Å². The van der Waals surface area contributed by atoms with E-state index in [2.05, 4.69) is 5.32 Å². The number of hydrogen-bond donors (Lipinski definition) is 3. The summed E-state index contributed by atoms with van der Waals surface area (Å²) in [6, 6.07) is 5.71. The van der Waals surface area contributed by atoms with E-state index in [0.717, 1.165) is 11.3 Å². The van der Waals surface area contributed by atoms with Crippen molar-refractivity contribution < 1.29 is 10.2 Å². The number of anilines is 1. The molecule has 102 valence electrons. The number of aliphatic hydroxyl groups is 1. The molecule has 4 heteroatoms. The van der Waals surface area contributed by atoms with Crippen LogP contribution in [0.4, 0.5) is 5.69 Å². The maximum absolute atomic E-state index is 10.1. The van der Waals surface area contributed by atoms with Crippen LogP contribution in [-0.2, 0) is 0 Å². The van der Waals surface area contributed by atoms with Crippen LogP contribution in [0, 0.1) is 0 Å². The summed E-state index contributed by atoms with van der Waals surface area (Å²) >= 11 is 0. The van der Waals surface area contributed by atoms with Crippen molar-refractivity contribution in [3.8, 4) is 5.75 Å². The number of likely N-dealkylation sites (N-methyl/N-ethyl adjacent to an activating group) is 1. The molecule has 1 unspecified atom stereocenters. The zero-order valence-electron chi connectivity index (χ0n) is 11.9. The van der Waals surface area contributed by atoms with Crippen LogP contribution in [0.2, 0.25) is 0 Å². The maximum Gasteiger partial charge on any atom is 0.122 e. The lowest BCUT2D eigenvalue weighted by molar-refractivity contribution is 0.216. The predicted octanol–water partition coefficient (Wildman–Crippen LogP) is 1.88. The Balaban J connectivity index is 3.04. The number of aromatic hydroxyl groups is 1. The van der Waals surface area contributed by atoms with E-state index in [-0.39, 0.29) is 23.9 Å². The van der Waals surface area contributed by atoms with E-state index in [4.69, 9.17) is 0 Å². The van der Waals surface area contributed by atoms with Gasteiger partial charge in [0.25, 0.3) is 0 Å². The number of nitrogens with zero attached hydrogens (tertiary/aromatic N) is 1. The molecule has 1 rings (SSSR count). The first-order chi connectivity index (χ1) is 8.33. The van der Waals surface area contributed by atoms with Crippen molar-refractivity contribution in [3.63, 3.8) is 0 Å². The normalized spacial score (nSPS) is 13.4. The molecule has 1 aromatic rings. The minimum atomic E-state index is -0.359. The van der Waals surface area contributed by atoms with Gasteiger partial charge in [0.05, 0.1) is 12.1 Å². The van der Waals surface area contributed by atoms with Crippen molar-refractivity contribution in [2.45, 2.75) is 32.4 Å². The molecule has 0 aliphatic carbocycles. The standard InChI is InChI=1S/C14H24N2O2/c1-10(15-4)12-7-6-11(8-13(12)18)16(5)14(2,3)9-17/h6-8,10,15,17-18H,9H2,1-5H3. The summed E-state index contributed by atoms with van der Waals surface area (Å²) in [4.78, 5) is 1.96. The second-order valence-corrected chi connectivity index (χ2v) is 5.28. The van der Waals surface area contributed by atoms with E-state index >= 15 is 0 Å². The van der Waals surface area contributed by atoms with Gasteiger partial charge in [-0.1, -0.05) is 6.07 Å². The Bertz CT molecular complexity index is 405. The molecular formula is C14H24N2O2. The van der Waals surface area contributed by atoms with Gasteiger partial charge in [-0.2, -0.15) is 0 Å². The van der Waals surface area contributed by atoms with Gasteiger partial charge in [-0.15, -0.1) is 0 Å². The zero-order chi connectivity index (χ0) is 13.9. The van der Waals surface area contributed by atoms with Crippen molar-refractivity contribution in [1.29, 1.82) is 0 Å². The van der Waals surface area contributed by atoms with E-state index in [1.54, 1.807) is 6.07 Å².